The Labute approximate surface area is 182 Å². The number of hydrogen-bond donors (Lipinski definition) is 3. The molecule has 3 N–H and O–H groups in total. The van der Waals surface area contributed by atoms with Crippen molar-refractivity contribution in [3.8, 4) is 17.1 Å². The fourth-order valence-electron chi connectivity index (χ4n) is 3.57. The van der Waals surface area contributed by atoms with Gasteiger partial charge in [0.2, 0.25) is 11.9 Å². The second kappa shape index (κ2) is 8.01. The molecule has 10 heteroatoms. The van der Waals surface area contributed by atoms with Crippen molar-refractivity contribution < 1.29 is 9.53 Å². The second-order valence-electron chi connectivity index (χ2n) is 7.16. The third-order valence-electron chi connectivity index (χ3n) is 5.17. The molecule has 2 aromatic carbocycles. The van der Waals surface area contributed by atoms with E-state index in [0.717, 1.165) is 11.3 Å². The number of ether oxygens (including phenoxy) is 1. The second-order valence-corrected chi connectivity index (χ2v) is 7.57. The summed E-state index contributed by atoms with van der Waals surface area (Å²) in [7, 11) is 1.62. The summed E-state index contributed by atoms with van der Waals surface area (Å²) in [5, 5.41) is 15.2. The summed E-state index contributed by atoms with van der Waals surface area (Å²) < 4.78 is 6.84. The number of nitrogens with one attached hydrogen (secondary N) is 3. The van der Waals surface area contributed by atoms with Crippen LogP contribution in [0.25, 0.3) is 27.9 Å². The van der Waals surface area contributed by atoms with E-state index >= 15 is 0 Å². The Morgan fingerprint density at radius 1 is 1.16 bits per heavy atom. The van der Waals surface area contributed by atoms with Crippen LogP contribution in [0.15, 0.2) is 42.5 Å². The van der Waals surface area contributed by atoms with Crippen molar-refractivity contribution in [1.29, 1.82) is 0 Å². The number of amides is 1. The maximum atomic E-state index is 12.4. The van der Waals surface area contributed by atoms with Crippen molar-refractivity contribution in [2.45, 2.75) is 6.04 Å². The largest absolute Gasteiger partial charge is 0.497 e. The van der Waals surface area contributed by atoms with E-state index in [1.807, 2.05) is 36.4 Å². The number of carbonyl (C=O) groups is 1. The number of aromatic nitrogens is 4. The minimum Gasteiger partial charge on any atom is -0.497 e. The van der Waals surface area contributed by atoms with E-state index < -0.39 is 6.04 Å². The number of halogens is 1. The molecule has 9 nitrogen and oxygen atoms in total. The molecule has 1 amide bonds. The fourth-order valence-corrected chi connectivity index (χ4v) is 3.83. The fraction of sp³-hybridized carbons (Fsp3) is 0.238. The summed E-state index contributed by atoms with van der Waals surface area (Å²) in [4.78, 5) is 21.9. The number of benzene rings is 2. The maximum absolute atomic E-state index is 12.4. The third kappa shape index (κ3) is 3.62. The Morgan fingerprint density at radius 2 is 2.00 bits per heavy atom. The molecule has 0 radical (unpaired) electrons. The minimum absolute atomic E-state index is 0.0957. The minimum atomic E-state index is -0.497. The van der Waals surface area contributed by atoms with Gasteiger partial charge in [0.1, 0.15) is 11.8 Å². The van der Waals surface area contributed by atoms with Crippen molar-refractivity contribution >= 4 is 40.0 Å². The smallest absolute Gasteiger partial charge is 0.243 e. The molecule has 1 aliphatic heterocycles. The molecule has 2 aromatic heterocycles. The van der Waals surface area contributed by atoms with Crippen molar-refractivity contribution in [2.24, 2.45) is 0 Å². The first-order valence-corrected chi connectivity index (χ1v) is 10.3. The van der Waals surface area contributed by atoms with Gasteiger partial charge in [-0.15, -0.1) is 5.10 Å². The van der Waals surface area contributed by atoms with Crippen LogP contribution < -0.4 is 20.7 Å². The maximum Gasteiger partial charge on any atom is 0.243 e. The predicted molar refractivity (Wildman–Crippen MR) is 119 cm³/mol. The van der Waals surface area contributed by atoms with Crippen LogP contribution in [0.1, 0.15) is 0 Å². The summed E-state index contributed by atoms with van der Waals surface area (Å²) in [6.07, 6.45) is 0. The molecule has 3 heterocycles. The number of rotatable bonds is 4. The number of anilines is 1. The average Bonchev–Trinajstić information content (AvgIpc) is 3.13. The zero-order valence-corrected chi connectivity index (χ0v) is 17.5. The first-order valence-electron chi connectivity index (χ1n) is 9.88. The van der Waals surface area contributed by atoms with Crippen LogP contribution in [0.2, 0.25) is 5.02 Å². The molecule has 4 aromatic rings. The molecular weight excluding hydrogens is 418 g/mol. The first kappa shape index (κ1) is 19.5. The van der Waals surface area contributed by atoms with Gasteiger partial charge in [-0.3, -0.25) is 4.79 Å². The summed E-state index contributed by atoms with van der Waals surface area (Å²) in [6, 6.07) is 12.5. The zero-order valence-electron chi connectivity index (χ0n) is 16.7. The van der Waals surface area contributed by atoms with Crippen LogP contribution in [-0.2, 0) is 4.79 Å². The van der Waals surface area contributed by atoms with Gasteiger partial charge >= 0.3 is 0 Å². The number of methoxy groups -OCH3 is 1. The molecule has 0 saturated carbocycles. The van der Waals surface area contributed by atoms with Crippen molar-refractivity contribution in [2.75, 3.05) is 32.1 Å². The molecule has 5 rings (SSSR count). The first-order chi connectivity index (χ1) is 15.1. The lowest BCUT2D eigenvalue weighted by atomic mass is 10.2. The predicted octanol–water partition coefficient (Wildman–Crippen LogP) is 2.11. The van der Waals surface area contributed by atoms with Gasteiger partial charge in [0, 0.05) is 25.2 Å². The standard InChI is InChI=1S/C21H20ClN7O2/c1-31-13-7-5-12(6-8-13)18-27-19-17-14(22)3-2-4-15(17)25-21(29(19)28-18)26-16-11-23-9-10-24-20(16)30/h2-8,16,23H,9-11H2,1H3,(H,24,30)(H,25,26). The van der Waals surface area contributed by atoms with Crippen molar-refractivity contribution in [3.63, 3.8) is 0 Å². The molecule has 1 unspecified atom stereocenters. The van der Waals surface area contributed by atoms with E-state index in [1.54, 1.807) is 17.7 Å². The van der Waals surface area contributed by atoms with Crippen LogP contribution in [0, 0.1) is 0 Å². The van der Waals surface area contributed by atoms with Crippen molar-refractivity contribution in [1.82, 2.24) is 30.2 Å². The van der Waals surface area contributed by atoms with Crippen LogP contribution >= 0.6 is 11.6 Å². The normalized spacial score (nSPS) is 16.8. The van der Waals surface area contributed by atoms with Gasteiger partial charge in [-0.05, 0) is 36.4 Å². The topological polar surface area (TPSA) is 105 Å². The van der Waals surface area contributed by atoms with Crippen LogP contribution in [-0.4, -0.2) is 58.3 Å². The van der Waals surface area contributed by atoms with E-state index in [9.17, 15) is 4.79 Å². The lowest BCUT2D eigenvalue weighted by molar-refractivity contribution is -0.121. The van der Waals surface area contributed by atoms with Crippen molar-refractivity contribution in [3.05, 3.63) is 47.5 Å². The molecule has 158 valence electrons. The van der Waals surface area contributed by atoms with Gasteiger partial charge in [0.05, 0.1) is 23.0 Å². The highest BCUT2D eigenvalue weighted by molar-refractivity contribution is 6.36. The summed E-state index contributed by atoms with van der Waals surface area (Å²) in [6.45, 7) is 1.77. The summed E-state index contributed by atoms with van der Waals surface area (Å²) in [5.41, 5.74) is 2.05. The number of fused-ring (bicyclic) bond motifs is 3. The Morgan fingerprint density at radius 3 is 2.81 bits per heavy atom. The third-order valence-corrected chi connectivity index (χ3v) is 5.48. The van der Waals surface area contributed by atoms with Crippen LogP contribution in [0.4, 0.5) is 5.95 Å². The number of carbonyl (C=O) groups excluding carboxylic acids is 1. The molecule has 1 aliphatic rings. The van der Waals surface area contributed by atoms with Gasteiger partial charge < -0.3 is 20.7 Å². The molecule has 0 aliphatic carbocycles. The highest BCUT2D eigenvalue weighted by Gasteiger charge is 2.24. The number of hydrogen-bond acceptors (Lipinski definition) is 7. The Hall–Kier alpha value is -3.43. The Balaban J connectivity index is 1.66. The van der Waals surface area contributed by atoms with E-state index in [0.29, 0.717) is 53.0 Å². The highest BCUT2D eigenvalue weighted by atomic mass is 35.5. The molecule has 31 heavy (non-hydrogen) atoms. The SMILES string of the molecule is COc1ccc(-c2nc3c4c(Cl)cccc4nc(NC4CNCCNC4=O)n3n2)cc1. The van der Waals surface area contributed by atoms with Gasteiger partial charge in [0.15, 0.2) is 11.5 Å². The van der Waals surface area contributed by atoms with E-state index in [4.69, 9.17) is 26.3 Å². The molecule has 0 spiro atoms. The number of nitrogens with zero attached hydrogens (tertiary/aromatic N) is 4. The van der Waals surface area contributed by atoms with E-state index in [-0.39, 0.29) is 5.91 Å². The molecule has 1 fully saturated rings. The van der Waals surface area contributed by atoms with Gasteiger partial charge in [-0.2, -0.15) is 4.52 Å². The molecule has 0 bridgehead atoms. The van der Waals surface area contributed by atoms with Gasteiger partial charge in [-0.25, -0.2) is 9.97 Å². The van der Waals surface area contributed by atoms with E-state index in [2.05, 4.69) is 21.0 Å². The highest BCUT2D eigenvalue weighted by Crippen LogP contribution is 2.30. The Bertz CT molecular complexity index is 1270. The monoisotopic (exact) mass is 437 g/mol. The van der Waals surface area contributed by atoms with Crippen LogP contribution in [0.5, 0.6) is 5.75 Å². The summed E-state index contributed by atoms with van der Waals surface area (Å²) >= 11 is 6.49. The lowest BCUT2D eigenvalue weighted by Crippen LogP contribution is -2.42. The Kier molecular flexibility index (Phi) is 5.05. The van der Waals surface area contributed by atoms with E-state index in [1.165, 1.54) is 0 Å². The molecule has 1 atom stereocenters. The molecule has 1 saturated heterocycles. The lowest BCUT2D eigenvalue weighted by Gasteiger charge is -2.16. The zero-order chi connectivity index (χ0) is 21.4. The molecular formula is C21H20ClN7O2. The van der Waals surface area contributed by atoms with Crippen LogP contribution in [0.3, 0.4) is 0 Å². The summed E-state index contributed by atoms with van der Waals surface area (Å²) in [5.74, 6) is 1.59. The quantitative estimate of drug-likeness (QED) is 0.449. The van der Waals surface area contributed by atoms with Gasteiger partial charge in [0.25, 0.3) is 0 Å². The van der Waals surface area contributed by atoms with Gasteiger partial charge in [-0.1, -0.05) is 17.7 Å². The average molecular weight is 438 g/mol.